The average Bonchev–Trinajstić information content (AvgIpc) is 2.91. The molecule has 0 aliphatic heterocycles. The summed E-state index contributed by atoms with van der Waals surface area (Å²) in [5.41, 5.74) is -1.50. The summed E-state index contributed by atoms with van der Waals surface area (Å²) in [6, 6.07) is 1.60. The van der Waals surface area contributed by atoms with Gasteiger partial charge in [-0.05, 0) is 18.4 Å². The number of rotatable bonds is 3. The lowest BCUT2D eigenvalue weighted by Gasteiger charge is -2.11. The number of hydrogen-bond acceptors (Lipinski definition) is 5. The summed E-state index contributed by atoms with van der Waals surface area (Å²) in [5.74, 6) is -1.16. The molecule has 0 amide bonds. The second-order valence-electron chi connectivity index (χ2n) is 3.69. The molecular weight excluding hydrogens is 293 g/mol. The molecule has 20 heavy (non-hydrogen) atoms. The number of alkyl halides is 3. The lowest BCUT2D eigenvalue weighted by molar-refractivity contribution is -0.141. The molecule has 0 aromatic carbocycles. The fourth-order valence-corrected chi connectivity index (χ4v) is 2.12. The van der Waals surface area contributed by atoms with Crippen LogP contribution in [-0.4, -0.2) is 22.5 Å². The van der Waals surface area contributed by atoms with Gasteiger partial charge in [0.1, 0.15) is 5.56 Å². The number of hydrogen-bond donors (Lipinski definition) is 0. The van der Waals surface area contributed by atoms with Crippen LogP contribution < -0.4 is 0 Å². The second kappa shape index (κ2) is 5.58. The summed E-state index contributed by atoms with van der Waals surface area (Å²) >= 11 is 1.31. The van der Waals surface area contributed by atoms with Crippen molar-refractivity contribution in [3.63, 3.8) is 0 Å². The Morgan fingerprint density at radius 2 is 2.20 bits per heavy atom. The van der Waals surface area contributed by atoms with E-state index in [0.717, 1.165) is 6.20 Å². The zero-order valence-electron chi connectivity index (χ0n) is 10.3. The van der Waals surface area contributed by atoms with Crippen molar-refractivity contribution in [3.8, 4) is 11.4 Å². The van der Waals surface area contributed by atoms with Gasteiger partial charge in [-0.3, -0.25) is 0 Å². The van der Waals surface area contributed by atoms with E-state index >= 15 is 0 Å². The zero-order valence-corrected chi connectivity index (χ0v) is 11.1. The van der Waals surface area contributed by atoms with E-state index in [2.05, 4.69) is 14.7 Å². The van der Waals surface area contributed by atoms with Gasteiger partial charge >= 0.3 is 12.1 Å². The number of carbonyl (C=O) groups is 1. The van der Waals surface area contributed by atoms with E-state index in [1.807, 2.05) is 0 Å². The van der Waals surface area contributed by atoms with Crippen molar-refractivity contribution in [3.05, 3.63) is 34.3 Å². The topological polar surface area (TPSA) is 52.1 Å². The normalized spacial score (nSPS) is 11.4. The summed E-state index contributed by atoms with van der Waals surface area (Å²) in [6.07, 6.45) is -3.91. The third-order valence-corrected chi connectivity index (χ3v) is 3.02. The molecule has 0 fully saturated rings. The molecule has 2 aromatic rings. The fraction of sp³-hybridized carbons (Fsp3) is 0.250. The SMILES string of the molecule is CCOC(=O)c1cnc(-c2ccsc2)nc1C(F)(F)F. The van der Waals surface area contributed by atoms with E-state index in [9.17, 15) is 18.0 Å². The molecule has 0 aliphatic rings. The highest BCUT2D eigenvalue weighted by Gasteiger charge is 2.38. The monoisotopic (exact) mass is 302 g/mol. The van der Waals surface area contributed by atoms with Crippen LogP contribution >= 0.6 is 11.3 Å². The third kappa shape index (κ3) is 2.96. The average molecular weight is 302 g/mol. The lowest BCUT2D eigenvalue weighted by Crippen LogP contribution is -2.18. The van der Waals surface area contributed by atoms with E-state index in [4.69, 9.17) is 0 Å². The number of carbonyl (C=O) groups excluding carboxylic acids is 1. The number of ether oxygens (including phenoxy) is 1. The minimum atomic E-state index is -4.75. The van der Waals surface area contributed by atoms with Gasteiger partial charge in [-0.25, -0.2) is 14.8 Å². The fourth-order valence-electron chi connectivity index (χ4n) is 1.49. The molecule has 106 valence electrons. The summed E-state index contributed by atoms with van der Waals surface area (Å²) in [6.45, 7) is 1.48. The molecule has 2 aromatic heterocycles. The smallest absolute Gasteiger partial charge is 0.434 e. The first-order valence-electron chi connectivity index (χ1n) is 5.57. The predicted octanol–water partition coefficient (Wildman–Crippen LogP) is 3.40. The van der Waals surface area contributed by atoms with Crippen LogP contribution in [0.1, 0.15) is 23.0 Å². The van der Waals surface area contributed by atoms with Gasteiger partial charge in [-0.2, -0.15) is 24.5 Å². The van der Waals surface area contributed by atoms with Crippen molar-refractivity contribution in [2.24, 2.45) is 0 Å². The zero-order chi connectivity index (χ0) is 14.8. The Kier molecular flexibility index (Phi) is 4.03. The molecule has 2 rings (SSSR count). The Balaban J connectivity index is 2.52. The molecule has 0 N–H and O–H groups in total. The van der Waals surface area contributed by atoms with E-state index < -0.39 is 23.4 Å². The number of halogens is 3. The van der Waals surface area contributed by atoms with Crippen LogP contribution in [0.3, 0.4) is 0 Å². The van der Waals surface area contributed by atoms with Crippen LogP contribution in [0.15, 0.2) is 23.0 Å². The van der Waals surface area contributed by atoms with Gasteiger partial charge in [0.2, 0.25) is 0 Å². The number of aromatic nitrogens is 2. The maximum absolute atomic E-state index is 13.0. The molecule has 0 unspecified atom stereocenters. The van der Waals surface area contributed by atoms with Gasteiger partial charge in [-0.1, -0.05) is 0 Å². The van der Waals surface area contributed by atoms with Gasteiger partial charge in [0.05, 0.1) is 6.61 Å². The molecule has 0 bridgehead atoms. The largest absolute Gasteiger partial charge is 0.462 e. The van der Waals surface area contributed by atoms with Crippen molar-refractivity contribution in [2.75, 3.05) is 6.61 Å². The molecular formula is C12H9F3N2O2S. The van der Waals surface area contributed by atoms with Crippen molar-refractivity contribution >= 4 is 17.3 Å². The van der Waals surface area contributed by atoms with Crippen LogP contribution in [-0.2, 0) is 10.9 Å². The Hall–Kier alpha value is -1.96. The second-order valence-corrected chi connectivity index (χ2v) is 4.47. The maximum atomic E-state index is 13.0. The molecule has 0 spiro atoms. The van der Waals surface area contributed by atoms with E-state index in [-0.39, 0.29) is 12.4 Å². The molecule has 2 heterocycles. The van der Waals surface area contributed by atoms with Crippen molar-refractivity contribution in [1.82, 2.24) is 9.97 Å². The standard InChI is InChI=1S/C12H9F3N2O2S/c1-2-19-11(18)8-5-16-10(7-3-4-20-6-7)17-9(8)12(13,14)15/h3-6H,2H2,1H3. The summed E-state index contributed by atoms with van der Waals surface area (Å²) in [4.78, 5) is 18.8. The predicted molar refractivity (Wildman–Crippen MR) is 66.3 cm³/mol. The lowest BCUT2D eigenvalue weighted by atomic mass is 10.2. The Morgan fingerprint density at radius 3 is 2.75 bits per heavy atom. The van der Waals surface area contributed by atoms with Gasteiger partial charge < -0.3 is 4.74 Å². The third-order valence-electron chi connectivity index (χ3n) is 2.33. The molecule has 8 heteroatoms. The first-order valence-corrected chi connectivity index (χ1v) is 6.51. The Labute approximate surface area is 116 Å². The first-order chi connectivity index (χ1) is 9.43. The van der Waals surface area contributed by atoms with Crippen molar-refractivity contribution in [1.29, 1.82) is 0 Å². The molecule has 0 aliphatic carbocycles. The van der Waals surface area contributed by atoms with Crippen LogP contribution in [0.5, 0.6) is 0 Å². The molecule has 0 saturated heterocycles. The Morgan fingerprint density at radius 1 is 1.45 bits per heavy atom. The van der Waals surface area contributed by atoms with Crippen LogP contribution in [0.2, 0.25) is 0 Å². The quantitative estimate of drug-likeness (QED) is 0.815. The molecule has 0 radical (unpaired) electrons. The highest BCUT2D eigenvalue weighted by molar-refractivity contribution is 7.08. The highest BCUT2D eigenvalue weighted by atomic mass is 32.1. The van der Waals surface area contributed by atoms with E-state index in [1.165, 1.54) is 18.3 Å². The summed E-state index contributed by atoms with van der Waals surface area (Å²) < 4.78 is 43.5. The molecule has 4 nitrogen and oxygen atoms in total. The van der Waals surface area contributed by atoms with Crippen LogP contribution in [0.25, 0.3) is 11.4 Å². The number of thiophene rings is 1. The van der Waals surface area contributed by atoms with Gasteiger partial charge in [-0.15, -0.1) is 0 Å². The Bertz CT molecular complexity index is 612. The first kappa shape index (κ1) is 14.4. The minimum absolute atomic E-state index is 0.0254. The van der Waals surface area contributed by atoms with E-state index in [1.54, 1.807) is 16.8 Å². The summed E-state index contributed by atoms with van der Waals surface area (Å²) in [7, 11) is 0. The van der Waals surface area contributed by atoms with E-state index in [0.29, 0.717) is 5.56 Å². The summed E-state index contributed by atoms with van der Waals surface area (Å²) in [5, 5.41) is 3.32. The number of nitrogens with zero attached hydrogens (tertiary/aromatic N) is 2. The van der Waals surface area contributed by atoms with Crippen LogP contribution in [0, 0.1) is 0 Å². The molecule has 0 saturated carbocycles. The molecule has 0 atom stereocenters. The number of esters is 1. The minimum Gasteiger partial charge on any atom is -0.462 e. The van der Waals surface area contributed by atoms with Crippen LogP contribution in [0.4, 0.5) is 13.2 Å². The van der Waals surface area contributed by atoms with Gasteiger partial charge in [0.15, 0.2) is 11.5 Å². The highest BCUT2D eigenvalue weighted by Crippen LogP contribution is 2.32. The maximum Gasteiger partial charge on any atom is 0.434 e. The van der Waals surface area contributed by atoms with Crippen molar-refractivity contribution in [2.45, 2.75) is 13.1 Å². The van der Waals surface area contributed by atoms with Gasteiger partial charge in [0, 0.05) is 17.1 Å². The van der Waals surface area contributed by atoms with Gasteiger partial charge in [0.25, 0.3) is 0 Å². The van der Waals surface area contributed by atoms with Crippen molar-refractivity contribution < 1.29 is 22.7 Å².